The Bertz CT molecular complexity index is 607. The fraction of sp³-hybridized carbons (Fsp3) is 0.667. The molecule has 1 aromatic rings. The predicted molar refractivity (Wildman–Crippen MR) is 95.7 cm³/mol. The number of hydrogen-bond acceptors (Lipinski definition) is 2. The first-order valence-electron chi connectivity index (χ1n) is 8.38. The van der Waals surface area contributed by atoms with Gasteiger partial charge in [0.05, 0.1) is 0 Å². The van der Waals surface area contributed by atoms with E-state index in [1.54, 1.807) is 18.4 Å². The summed E-state index contributed by atoms with van der Waals surface area (Å²) in [5.74, 6) is 0.573. The zero-order chi connectivity index (χ0) is 17.3. The van der Waals surface area contributed by atoms with Crippen molar-refractivity contribution in [1.82, 2.24) is 8.61 Å². The van der Waals surface area contributed by atoms with E-state index >= 15 is 0 Å². The van der Waals surface area contributed by atoms with Crippen molar-refractivity contribution in [3.63, 3.8) is 0 Å². The van der Waals surface area contributed by atoms with Gasteiger partial charge in [-0.25, -0.2) is 0 Å². The summed E-state index contributed by atoms with van der Waals surface area (Å²) in [4.78, 5) is 0. The van der Waals surface area contributed by atoms with E-state index in [1.807, 2.05) is 0 Å². The van der Waals surface area contributed by atoms with E-state index in [4.69, 9.17) is 0 Å². The summed E-state index contributed by atoms with van der Waals surface area (Å²) in [5, 5.41) is 0. The Morgan fingerprint density at radius 1 is 1.09 bits per heavy atom. The Morgan fingerprint density at radius 2 is 1.61 bits per heavy atom. The van der Waals surface area contributed by atoms with Crippen molar-refractivity contribution in [2.24, 2.45) is 5.92 Å². The number of benzene rings is 1. The van der Waals surface area contributed by atoms with E-state index in [-0.39, 0.29) is 5.41 Å². The Kier molecular flexibility index (Phi) is 5.54. The normalized spacial score (nSPS) is 18.5. The summed E-state index contributed by atoms with van der Waals surface area (Å²) >= 11 is 0. The zero-order valence-corrected chi connectivity index (χ0v) is 15.9. The molecule has 5 heteroatoms. The van der Waals surface area contributed by atoms with Crippen molar-refractivity contribution in [1.29, 1.82) is 0 Å². The molecule has 0 bridgehead atoms. The van der Waals surface area contributed by atoms with Gasteiger partial charge in [0.15, 0.2) is 0 Å². The van der Waals surface area contributed by atoms with Gasteiger partial charge in [-0.3, -0.25) is 0 Å². The van der Waals surface area contributed by atoms with Crippen molar-refractivity contribution in [3.05, 3.63) is 35.4 Å². The molecule has 1 fully saturated rings. The first-order valence-corrected chi connectivity index (χ1v) is 9.77. The van der Waals surface area contributed by atoms with E-state index < -0.39 is 10.2 Å². The van der Waals surface area contributed by atoms with Crippen LogP contribution < -0.4 is 0 Å². The van der Waals surface area contributed by atoms with Crippen LogP contribution in [0.15, 0.2) is 24.3 Å². The van der Waals surface area contributed by atoms with Crippen molar-refractivity contribution < 1.29 is 8.42 Å². The van der Waals surface area contributed by atoms with Gasteiger partial charge in [-0.2, -0.15) is 17.0 Å². The van der Waals surface area contributed by atoms with Crippen LogP contribution in [0.4, 0.5) is 0 Å². The van der Waals surface area contributed by atoms with E-state index in [1.165, 1.54) is 15.4 Å². The number of piperidine rings is 1. The quantitative estimate of drug-likeness (QED) is 0.846. The molecule has 1 aromatic carbocycles. The van der Waals surface area contributed by atoms with Crippen molar-refractivity contribution in [3.8, 4) is 0 Å². The second-order valence-electron chi connectivity index (χ2n) is 7.78. The van der Waals surface area contributed by atoms with Crippen molar-refractivity contribution in [2.75, 3.05) is 27.2 Å². The van der Waals surface area contributed by atoms with Crippen LogP contribution in [-0.4, -0.2) is 44.2 Å². The summed E-state index contributed by atoms with van der Waals surface area (Å²) < 4.78 is 27.2. The van der Waals surface area contributed by atoms with Crippen LogP contribution in [0, 0.1) is 5.92 Å². The van der Waals surface area contributed by atoms with Crippen LogP contribution in [0.2, 0.25) is 0 Å². The average molecular weight is 339 g/mol. The molecule has 0 N–H and O–H groups in total. The van der Waals surface area contributed by atoms with Crippen molar-refractivity contribution in [2.45, 2.75) is 45.4 Å². The Labute approximate surface area is 141 Å². The largest absolute Gasteiger partial charge is 0.281 e. The summed E-state index contributed by atoms with van der Waals surface area (Å²) in [7, 11) is -0.0607. The number of rotatable bonds is 4. The maximum absolute atomic E-state index is 12.1. The summed E-state index contributed by atoms with van der Waals surface area (Å²) in [6, 6.07) is 8.90. The SMILES string of the molecule is CN(C)S(=O)(=O)N1CCC(Cc2ccc(C(C)(C)C)cc2)CC1. The summed E-state index contributed by atoms with van der Waals surface area (Å²) in [6.07, 6.45) is 2.92. The first-order chi connectivity index (χ1) is 10.6. The highest BCUT2D eigenvalue weighted by Crippen LogP contribution is 2.26. The third kappa shape index (κ3) is 4.55. The fourth-order valence-corrected chi connectivity index (χ4v) is 4.18. The summed E-state index contributed by atoms with van der Waals surface area (Å²) in [6.45, 7) is 7.94. The lowest BCUT2D eigenvalue weighted by Gasteiger charge is -2.32. The summed E-state index contributed by atoms with van der Waals surface area (Å²) in [5.41, 5.74) is 2.89. The smallest absolute Gasteiger partial charge is 0.195 e. The van der Waals surface area contributed by atoms with Crippen LogP contribution in [0.1, 0.15) is 44.7 Å². The molecule has 0 atom stereocenters. The lowest BCUT2D eigenvalue weighted by molar-refractivity contribution is 0.262. The molecule has 130 valence electrons. The molecule has 1 aliphatic rings. The van der Waals surface area contributed by atoms with Crippen molar-refractivity contribution >= 4 is 10.2 Å². The third-order valence-corrected chi connectivity index (χ3v) is 6.65. The Morgan fingerprint density at radius 3 is 2.04 bits per heavy atom. The van der Waals surface area contributed by atoms with Gasteiger partial charge >= 0.3 is 0 Å². The lowest BCUT2D eigenvalue weighted by Crippen LogP contribution is -2.44. The maximum atomic E-state index is 12.1. The predicted octanol–water partition coefficient (Wildman–Crippen LogP) is 3.05. The van der Waals surface area contributed by atoms with Gasteiger partial charge in [-0.15, -0.1) is 0 Å². The Balaban J connectivity index is 1.92. The van der Waals surface area contributed by atoms with E-state index in [9.17, 15) is 8.42 Å². The highest BCUT2D eigenvalue weighted by atomic mass is 32.2. The zero-order valence-electron chi connectivity index (χ0n) is 15.0. The second-order valence-corrected chi connectivity index (χ2v) is 9.93. The number of nitrogens with zero attached hydrogens (tertiary/aromatic N) is 2. The highest BCUT2D eigenvalue weighted by Gasteiger charge is 2.29. The molecule has 2 rings (SSSR count). The third-order valence-electron chi connectivity index (χ3n) is 4.71. The van der Waals surface area contributed by atoms with Crippen LogP contribution in [-0.2, 0) is 22.0 Å². The van der Waals surface area contributed by atoms with E-state index in [0.717, 1.165) is 19.3 Å². The molecule has 4 nitrogen and oxygen atoms in total. The molecule has 0 radical (unpaired) electrons. The molecule has 1 aliphatic heterocycles. The van der Waals surface area contributed by atoms with Gasteiger partial charge in [-0.1, -0.05) is 45.0 Å². The highest BCUT2D eigenvalue weighted by molar-refractivity contribution is 7.86. The monoisotopic (exact) mass is 338 g/mol. The topological polar surface area (TPSA) is 40.6 Å². The van der Waals surface area contributed by atoms with Gasteiger partial charge in [-0.05, 0) is 41.7 Å². The fourth-order valence-electron chi connectivity index (χ4n) is 3.05. The standard InChI is InChI=1S/C18H30N2O2S/c1-18(2,3)17-8-6-15(7-9-17)14-16-10-12-20(13-11-16)23(21,22)19(4)5/h6-9,16H,10-14H2,1-5H3. The van der Waals surface area contributed by atoms with Gasteiger partial charge < -0.3 is 0 Å². The molecular weight excluding hydrogens is 308 g/mol. The minimum absolute atomic E-state index is 0.185. The molecule has 0 unspecified atom stereocenters. The van der Waals surface area contributed by atoms with Gasteiger partial charge in [0, 0.05) is 27.2 Å². The van der Waals surface area contributed by atoms with Crippen LogP contribution >= 0.6 is 0 Å². The molecule has 1 heterocycles. The molecule has 0 amide bonds. The number of hydrogen-bond donors (Lipinski definition) is 0. The minimum Gasteiger partial charge on any atom is -0.195 e. The van der Waals surface area contributed by atoms with Crippen LogP contribution in [0.5, 0.6) is 0 Å². The van der Waals surface area contributed by atoms with E-state index in [2.05, 4.69) is 45.0 Å². The van der Waals surface area contributed by atoms with E-state index in [0.29, 0.717) is 19.0 Å². The van der Waals surface area contributed by atoms with Gasteiger partial charge in [0.25, 0.3) is 10.2 Å². The van der Waals surface area contributed by atoms with Crippen LogP contribution in [0.25, 0.3) is 0 Å². The molecule has 23 heavy (non-hydrogen) atoms. The Hall–Kier alpha value is -0.910. The molecule has 1 saturated heterocycles. The molecule has 0 spiro atoms. The lowest BCUT2D eigenvalue weighted by atomic mass is 9.85. The second kappa shape index (κ2) is 6.91. The molecule has 0 saturated carbocycles. The van der Waals surface area contributed by atoms with Gasteiger partial charge in [0.2, 0.25) is 0 Å². The maximum Gasteiger partial charge on any atom is 0.281 e. The van der Waals surface area contributed by atoms with Gasteiger partial charge in [0.1, 0.15) is 0 Å². The van der Waals surface area contributed by atoms with Crippen LogP contribution in [0.3, 0.4) is 0 Å². The average Bonchev–Trinajstić information content (AvgIpc) is 2.47. The molecule has 0 aromatic heterocycles. The first kappa shape index (κ1) is 18.4. The molecule has 0 aliphatic carbocycles. The minimum atomic E-state index is -3.25. The molecular formula is C18H30N2O2S.